The molecule has 0 saturated carbocycles. The van der Waals surface area contributed by atoms with E-state index in [-0.39, 0.29) is 22.6 Å². The van der Waals surface area contributed by atoms with Crippen LogP contribution in [0.5, 0.6) is 23.0 Å². The number of thiazole rings is 1. The Morgan fingerprint density at radius 2 is 1.87 bits per heavy atom. The van der Waals surface area contributed by atoms with Crippen molar-refractivity contribution in [3.63, 3.8) is 0 Å². The molecule has 39 heavy (non-hydrogen) atoms. The van der Waals surface area contributed by atoms with E-state index >= 15 is 0 Å². The molecule has 2 aromatic carbocycles. The lowest BCUT2D eigenvalue weighted by Gasteiger charge is -2.23. The highest BCUT2D eigenvalue weighted by atomic mass is 32.1. The lowest BCUT2D eigenvalue weighted by atomic mass is 9.97. The number of fused-ring (bicyclic) bond motifs is 1. The Morgan fingerprint density at radius 3 is 2.54 bits per heavy atom. The molecule has 10 heteroatoms. The first-order valence-electron chi connectivity index (χ1n) is 12.4. The number of carbonyl (C=O) groups excluding carboxylic acids is 1. The van der Waals surface area contributed by atoms with Gasteiger partial charge in [-0.05, 0) is 61.7 Å². The fraction of sp³-hybridized carbons (Fsp3) is 0.276. The van der Waals surface area contributed by atoms with Gasteiger partial charge in [0.1, 0.15) is 0 Å². The maximum Gasteiger partial charge on any atom is 0.337 e. The van der Waals surface area contributed by atoms with E-state index in [0.717, 1.165) is 0 Å². The molecule has 1 aliphatic heterocycles. The number of esters is 1. The third kappa shape index (κ3) is 5.46. The average molecular weight is 551 g/mol. The van der Waals surface area contributed by atoms with Crippen molar-refractivity contribution in [2.24, 2.45) is 4.99 Å². The summed E-state index contributed by atoms with van der Waals surface area (Å²) in [6.45, 7) is 8.35. The molecule has 0 spiro atoms. The van der Waals surface area contributed by atoms with E-state index in [1.165, 1.54) is 36.3 Å². The zero-order valence-corrected chi connectivity index (χ0v) is 23.0. The van der Waals surface area contributed by atoms with Gasteiger partial charge in [0.2, 0.25) is 0 Å². The number of allylic oxidation sites excluding steroid dienone is 1. The Balaban J connectivity index is 1.91. The van der Waals surface area contributed by atoms with Gasteiger partial charge in [0, 0.05) is 11.8 Å². The van der Waals surface area contributed by atoms with E-state index in [2.05, 4.69) is 11.6 Å². The van der Waals surface area contributed by atoms with Gasteiger partial charge in [-0.2, -0.15) is 0 Å². The molecule has 0 radical (unpaired) electrons. The minimum Gasteiger partial charge on any atom is -0.504 e. The molecule has 4 rings (SSSR count). The number of hydrogen-bond donors (Lipinski definition) is 1. The van der Waals surface area contributed by atoms with Crippen LogP contribution in [0, 0.1) is 0 Å². The normalized spacial score (nSPS) is 14.6. The van der Waals surface area contributed by atoms with Crippen LogP contribution in [0.2, 0.25) is 0 Å². The Bertz CT molecular complexity index is 1620. The highest BCUT2D eigenvalue weighted by Crippen LogP contribution is 2.35. The average Bonchev–Trinajstić information content (AvgIpc) is 3.25. The number of carbonyl (C=O) groups is 1. The van der Waals surface area contributed by atoms with Crippen LogP contribution in [0.1, 0.15) is 36.6 Å². The molecule has 0 amide bonds. The van der Waals surface area contributed by atoms with Crippen LogP contribution < -0.4 is 29.1 Å². The van der Waals surface area contributed by atoms with Crippen LogP contribution in [0.15, 0.2) is 64.5 Å². The maximum atomic E-state index is 13.8. The molecule has 0 aliphatic carbocycles. The third-order valence-electron chi connectivity index (χ3n) is 6.07. The summed E-state index contributed by atoms with van der Waals surface area (Å²) in [5.74, 6) is 0.792. The van der Waals surface area contributed by atoms with Crippen LogP contribution in [0.25, 0.3) is 6.08 Å². The highest BCUT2D eigenvalue weighted by Gasteiger charge is 2.31. The number of benzene rings is 2. The molecule has 1 N–H and O–H groups in total. The van der Waals surface area contributed by atoms with E-state index < -0.39 is 12.0 Å². The Labute approximate surface area is 229 Å². The number of nitrogens with zero attached hydrogens (tertiary/aromatic N) is 2. The van der Waals surface area contributed by atoms with E-state index in [4.69, 9.17) is 18.9 Å². The maximum absolute atomic E-state index is 13.8. The van der Waals surface area contributed by atoms with Gasteiger partial charge in [0.05, 0.1) is 43.6 Å². The molecule has 1 aliphatic rings. The molecule has 0 saturated heterocycles. The summed E-state index contributed by atoms with van der Waals surface area (Å²) in [6, 6.07) is 7.96. The van der Waals surface area contributed by atoms with Crippen molar-refractivity contribution in [2.45, 2.75) is 26.3 Å². The van der Waals surface area contributed by atoms with E-state index in [1.807, 2.05) is 13.8 Å². The van der Waals surface area contributed by atoms with Crippen LogP contribution in [-0.2, 0) is 16.0 Å². The van der Waals surface area contributed by atoms with Gasteiger partial charge in [-0.25, -0.2) is 9.79 Å². The second-order valence-electron chi connectivity index (χ2n) is 8.47. The first kappa shape index (κ1) is 27.7. The van der Waals surface area contributed by atoms with Crippen molar-refractivity contribution in [2.75, 3.05) is 27.4 Å². The first-order valence-corrected chi connectivity index (χ1v) is 13.2. The SMILES string of the molecule is C=CCc1cc(/C=c2\sc3n(c2=O)[C@H](c2ccc(OCC)c(OCC)c2)C(C(=O)OC)=CN=3)cc(OC)c1O. The number of methoxy groups -OCH3 is 2. The molecule has 3 aromatic rings. The fourth-order valence-corrected chi connectivity index (χ4v) is 5.35. The van der Waals surface area contributed by atoms with Gasteiger partial charge >= 0.3 is 5.97 Å². The molecule has 0 fully saturated rings. The van der Waals surface area contributed by atoms with Crippen molar-refractivity contribution in [1.29, 1.82) is 0 Å². The van der Waals surface area contributed by atoms with E-state index in [0.29, 0.717) is 57.2 Å². The number of aromatic hydroxyl groups is 1. The number of aromatic nitrogens is 1. The number of hydrogen-bond acceptors (Lipinski definition) is 9. The first-order chi connectivity index (χ1) is 18.9. The standard InChI is InChI=1S/C29H30N2O7S/c1-6-9-19-12-17(13-23(35-4)26(19)32)14-24-27(33)31-25(20(28(34)36-5)16-30-29(31)39-24)18-10-11-21(37-7-2)22(15-18)38-8-3/h6,10-16,25,32H,1,7-9H2,2-5H3/b24-14-/t25-/m1/s1. The quantitative estimate of drug-likeness (QED) is 0.305. The molecule has 2 heterocycles. The molecule has 0 unspecified atom stereocenters. The molecule has 204 valence electrons. The summed E-state index contributed by atoms with van der Waals surface area (Å²) in [6.07, 6.45) is 5.25. The largest absolute Gasteiger partial charge is 0.504 e. The van der Waals surface area contributed by atoms with E-state index in [9.17, 15) is 14.7 Å². The zero-order valence-electron chi connectivity index (χ0n) is 22.2. The summed E-state index contributed by atoms with van der Waals surface area (Å²) in [7, 11) is 2.75. The van der Waals surface area contributed by atoms with Gasteiger partial charge in [-0.15, -0.1) is 6.58 Å². The predicted molar refractivity (Wildman–Crippen MR) is 149 cm³/mol. The minimum atomic E-state index is -0.795. The van der Waals surface area contributed by atoms with Crippen LogP contribution in [0.4, 0.5) is 0 Å². The predicted octanol–water partition coefficient (Wildman–Crippen LogP) is 3.26. The molecule has 1 aromatic heterocycles. The van der Waals surface area contributed by atoms with Crippen LogP contribution in [0.3, 0.4) is 0 Å². The Hall–Kier alpha value is -4.31. The van der Waals surface area contributed by atoms with Crippen molar-refractivity contribution in [3.8, 4) is 23.0 Å². The highest BCUT2D eigenvalue weighted by molar-refractivity contribution is 7.07. The lowest BCUT2D eigenvalue weighted by Crippen LogP contribution is -2.39. The molecule has 1 atom stereocenters. The molecule has 9 nitrogen and oxygen atoms in total. The number of phenols is 1. The summed E-state index contributed by atoms with van der Waals surface area (Å²) >= 11 is 1.19. The van der Waals surface area contributed by atoms with Crippen LogP contribution >= 0.6 is 11.3 Å². The number of rotatable bonds is 10. The number of phenolic OH excluding ortho intramolecular Hbond substituents is 1. The summed E-state index contributed by atoms with van der Waals surface area (Å²) in [5, 5.41) is 10.4. The Morgan fingerprint density at radius 1 is 1.13 bits per heavy atom. The monoisotopic (exact) mass is 550 g/mol. The lowest BCUT2D eigenvalue weighted by molar-refractivity contribution is -0.136. The summed E-state index contributed by atoms with van der Waals surface area (Å²) in [5.41, 5.74) is 1.80. The van der Waals surface area contributed by atoms with E-state index in [1.54, 1.807) is 42.5 Å². The summed E-state index contributed by atoms with van der Waals surface area (Å²) in [4.78, 5) is 31.4. The smallest absolute Gasteiger partial charge is 0.337 e. The fourth-order valence-electron chi connectivity index (χ4n) is 4.38. The number of ether oxygens (including phenoxy) is 4. The second-order valence-corrected chi connectivity index (χ2v) is 9.48. The van der Waals surface area contributed by atoms with Crippen molar-refractivity contribution in [3.05, 3.63) is 91.1 Å². The zero-order chi connectivity index (χ0) is 28.1. The van der Waals surface area contributed by atoms with Crippen LogP contribution in [-0.4, -0.2) is 43.1 Å². The molecular weight excluding hydrogens is 520 g/mol. The van der Waals surface area contributed by atoms with Gasteiger partial charge in [0.15, 0.2) is 27.8 Å². The van der Waals surface area contributed by atoms with Crippen molar-refractivity contribution in [1.82, 2.24) is 4.57 Å². The topological polar surface area (TPSA) is 109 Å². The van der Waals surface area contributed by atoms with Gasteiger partial charge in [-0.3, -0.25) is 9.36 Å². The third-order valence-corrected chi connectivity index (χ3v) is 7.06. The Kier molecular flexibility index (Phi) is 8.55. The molecular formula is C29H30N2O7S. The molecule has 0 bridgehead atoms. The second kappa shape index (κ2) is 12.0. The minimum absolute atomic E-state index is 0.0272. The van der Waals surface area contributed by atoms with Gasteiger partial charge in [0.25, 0.3) is 5.56 Å². The van der Waals surface area contributed by atoms with Gasteiger partial charge < -0.3 is 24.1 Å². The van der Waals surface area contributed by atoms with Gasteiger partial charge in [-0.1, -0.05) is 23.5 Å². The van der Waals surface area contributed by atoms with Crippen molar-refractivity contribution < 1.29 is 28.8 Å². The summed E-state index contributed by atoms with van der Waals surface area (Å²) < 4.78 is 23.7. The van der Waals surface area contributed by atoms with Crippen molar-refractivity contribution >= 4 is 23.4 Å².